The van der Waals surface area contributed by atoms with Crippen molar-refractivity contribution in [2.45, 2.75) is 50.2 Å². The lowest BCUT2D eigenvalue weighted by atomic mass is 9.89. The molecule has 1 saturated heterocycles. The standard InChI is InChI=1S/C16H23F2NO2/c17-12-7-11(8-13(18)9-12)15(10-19)16(20)5-4-14-3-1-2-6-21-14/h7-9,14-16,20H,1-6,10,19H2. The molecular formula is C16H23F2NO2. The van der Waals surface area contributed by atoms with Crippen molar-refractivity contribution >= 4 is 0 Å². The molecule has 3 N–H and O–H groups in total. The highest BCUT2D eigenvalue weighted by Gasteiger charge is 2.23. The molecule has 1 aromatic rings. The Balaban J connectivity index is 1.95. The maximum atomic E-state index is 13.3. The first kappa shape index (κ1) is 16.3. The van der Waals surface area contributed by atoms with Crippen LogP contribution in [0.2, 0.25) is 0 Å². The second-order valence-corrected chi connectivity index (χ2v) is 5.68. The summed E-state index contributed by atoms with van der Waals surface area (Å²) in [6.07, 6.45) is 3.97. The van der Waals surface area contributed by atoms with Gasteiger partial charge in [0.15, 0.2) is 0 Å². The molecule has 1 fully saturated rings. The van der Waals surface area contributed by atoms with E-state index in [0.717, 1.165) is 38.4 Å². The van der Waals surface area contributed by atoms with Gasteiger partial charge in [0.05, 0.1) is 12.2 Å². The Morgan fingerprint density at radius 3 is 2.52 bits per heavy atom. The zero-order valence-electron chi connectivity index (χ0n) is 12.1. The van der Waals surface area contributed by atoms with Crippen molar-refractivity contribution in [2.24, 2.45) is 5.73 Å². The molecule has 3 unspecified atom stereocenters. The molecule has 21 heavy (non-hydrogen) atoms. The smallest absolute Gasteiger partial charge is 0.126 e. The Kier molecular flexibility index (Phi) is 6.08. The molecule has 0 saturated carbocycles. The normalized spacial score (nSPS) is 22.0. The summed E-state index contributed by atoms with van der Waals surface area (Å²) >= 11 is 0. The highest BCUT2D eigenvalue weighted by Crippen LogP contribution is 2.26. The van der Waals surface area contributed by atoms with Crippen molar-refractivity contribution in [2.75, 3.05) is 13.2 Å². The number of benzene rings is 1. The molecule has 3 nitrogen and oxygen atoms in total. The number of ether oxygens (including phenoxy) is 1. The van der Waals surface area contributed by atoms with Gasteiger partial charge in [-0.05, 0) is 49.8 Å². The number of aliphatic hydroxyl groups excluding tert-OH is 1. The minimum Gasteiger partial charge on any atom is -0.392 e. The van der Waals surface area contributed by atoms with Gasteiger partial charge in [0, 0.05) is 25.1 Å². The van der Waals surface area contributed by atoms with Crippen LogP contribution in [-0.4, -0.2) is 30.5 Å². The van der Waals surface area contributed by atoms with Gasteiger partial charge in [-0.3, -0.25) is 0 Å². The van der Waals surface area contributed by atoms with Crippen LogP contribution in [0.5, 0.6) is 0 Å². The summed E-state index contributed by atoms with van der Waals surface area (Å²) in [5.41, 5.74) is 6.09. The van der Waals surface area contributed by atoms with Gasteiger partial charge in [-0.15, -0.1) is 0 Å². The van der Waals surface area contributed by atoms with Crippen LogP contribution >= 0.6 is 0 Å². The van der Waals surface area contributed by atoms with Crippen LogP contribution in [-0.2, 0) is 4.74 Å². The minimum atomic E-state index is -0.721. The number of rotatable bonds is 6. The topological polar surface area (TPSA) is 55.5 Å². The van der Waals surface area contributed by atoms with Crippen molar-refractivity contribution < 1.29 is 18.6 Å². The van der Waals surface area contributed by atoms with Crippen LogP contribution in [0, 0.1) is 11.6 Å². The highest BCUT2D eigenvalue weighted by molar-refractivity contribution is 5.23. The fraction of sp³-hybridized carbons (Fsp3) is 0.625. The Morgan fingerprint density at radius 2 is 1.95 bits per heavy atom. The average molecular weight is 299 g/mol. The van der Waals surface area contributed by atoms with Gasteiger partial charge >= 0.3 is 0 Å². The summed E-state index contributed by atoms with van der Waals surface area (Å²) in [5, 5.41) is 10.3. The van der Waals surface area contributed by atoms with Crippen LogP contribution in [0.25, 0.3) is 0 Å². The van der Waals surface area contributed by atoms with Crippen molar-refractivity contribution in [1.29, 1.82) is 0 Å². The summed E-state index contributed by atoms with van der Waals surface area (Å²) in [6, 6.07) is 3.29. The van der Waals surface area contributed by atoms with Gasteiger partial charge in [-0.1, -0.05) is 0 Å². The van der Waals surface area contributed by atoms with Gasteiger partial charge in [-0.2, -0.15) is 0 Å². The zero-order chi connectivity index (χ0) is 15.2. The Morgan fingerprint density at radius 1 is 1.24 bits per heavy atom. The Bertz CT molecular complexity index is 430. The van der Waals surface area contributed by atoms with Gasteiger partial charge in [-0.25, -0.2) is 8.78 Å². The second kappa shape index (κ2) is 7.82. The lowest BCUT2D eigenvalue weighted by Gasteiger charge is -2.26. The van der Waals surface area contributed by atoms with E-state index in [9.17, 15) is 13.9 Å². The Labute approximate surface area is 124 Å². The average Bonchev–Trinajstić information content (AvgIpc) is 2.46. The van der Waals surface area contributed by atoms with E-state index in [0.29, 0.717) is 12.0 Å². The first-order valence-electron chi connectivity index (χ1n) is 7.56. The van der Waals surface area contributed by atoms with Crippen molar-refractivity contribution in [3.8, 4) is 0 Å². The van der Waals surface area contributed by atoms with Crippen LogP contribution < -0.4 is 5.73 Å². The maximum Gasteiger partial charge on any atom is 0.126 e. The van der Waals surface area contributed by atoms with Crippen molar-refractivity contribution in [3.63, 3.8) is 0 Å². The monoisotopic (exact) mass is 299 g/mol. The van der Waals surface area contributed by atoms with E-state index in [1.165, 1.54) is 12.1 Å². The SMILES string of the molecule is NCC(c1cc(F)cc(F)c1)C(O)CCC1CCCCO1. The first-order valence-corrected chi connectivity index (χ1v) is 7.56. The predicted molar refractivity (Wildman–Crippen MR) is 77.0 cm³/mol. The van der Waals surface area contributed by atoms with Gasteiger partial charge in [0.1, 0.15) is 11.6 Å². The number of halogens is 2. The van der Waals surface area contributed by atoms with Crippen LogP contribution in [0.4, 0.5) is 8.78 Å². The lowest BCUT2D eigenvalue weighted by Crippen LogP contribution is -2.28. The van der Waals surface area contributed by atoms with E-state index in [1.54, 1.807) is 0 Å². The third-order valence-corrected chi connectivity index (χ3v) is 4.09. The minimum absolute atomic E-state index is 0.148. The largest absolute Gasteiger partial charge is 0.392 e. The van der Waals surface area contributed by atoms with Crippen LogP contribution in [0.15, 0.2) is 18.2 Å². The molecule has 1 aromatic carbocycles. The Hall–Kier alpha value is -1.04. The molecule has 0 aromatic heterocycles. The maximum absolute atomic E-state index is 13.3. The summed E-state index contributed by atoms with van der Waals surface area (Å²) in [6.45, 7) is 0.922. The van der Waals surface area contributed by atoms with Crippen molar-refractivity contribution in [1.82, 2.24) is 0 Å². The quantitative estimate of drug-likeness (QED) is 0.849. The molecule has 0 spiro atoms. The summed E-state index contributed by atoms with van der Waals surface area (Å²) < 4.78 is 32.2. The molecule has 0 bridgehead atoms. The van der Waals surface area contributed by atoms with E-state index >= 15 is 0 Å². The first-order chi connectivity index (χ1) is 10.1. The zero-order valence-corrected chi connectivity index (χ0v) is 12.1. The number of hydrogen-bond donors (Lipinski definition) is 2. The molecule has 3 atom stereocenters. The molecule has 118 valence electrons. The second-order valence-electron chi connectivity index (χ2n) is 5.68. The number of hydrogen-bond acceptors (Lipinski definition) is 3. The number of aliphatic hydroxyl groups is 1. The van der Waals surface area contributed by atoms with Crippen LogP contribution in [0.1, 0.15) is 43.6 Å². The molecule has 0 aliphatic carbocycles. The predicted octanol–water partition coefficient (Wildman–Crippen LogP) is 2.72. The van der Waals surface area contributed by atoms with E-state index in [1.807, 2.05) is 0 Å². The van der Waals surface area contributed by atoms with Gasteiger partial charge in [0.25, 0.3) is 0 Å². The summed E-state index contributed by atoms with van der Waals surface area (Å²) in [7, 11) is 0. The molecule has 0 amide bonds. The molecule has 1 heterocycles. The molecule has 0 radical (unpaired) electrons. The van der Waals surface area contributed by atoms with E-state index < -0.39 is 23.7 Å². The van der Waals surface area contributed by atoms with Crippen molar-refractivity contribution in [3.05, 3.63) is 35.4 Å². The number of nitrogens with two attached hydrogens (primary N) is 1. The van der Waals surface area contributed by atoms with E-state index in [-0.39, 0.29) is 12.6 Å². The molecule has 1 aliphatic rings. The van der Waals surface area contributed by atoms with E-state index in [4.69, 9.17) is 10.5 Å². The molecule has 2 rings (SSSR count). The fourth-order valence-corrected chi connectivity index (χ4v) is 2.90. The molecule has 1 aliphatic heterocycles. The third-order valence-electron chi connectivity index (χ3n) is 4.09. The van der Waals surface area contributed by atoms with Gasteiger partial charge < -0.3 is 15.6 Å². The fourth-order valence-electron chi connectivity index (χ4n) is 2.90. The molecule has 5 heteroatoms. The summed E-state index contributed by atoms with van der Waals surface area (Å²) in [5.74, 6) is -1.75. The van der Waals surface area contributed by atoms with Crippen LogP contribution in [0.3, 0.4) is 0 Å². The lowest BCUT2D eigenvalue weighted by molar-refractivity contribution is 0.000417. The molecular weight excluding hydrogens is 276 g/mol. The summed E-state index contributed by atoms with van der Waals surface area (Å²) in [4.78, 5) is 0. The third kappa shape index (κ3) is 4.73. The highest BCUT2D eigenvalue weighted by atomic mass is 19.1. The van der Waals surface area contributed by atoms with Gasteiger partial charge in [0.2, 0.25) is 0 Å². The van der Waals surface area contributed by atoms with E-state index in [2.05, 4.69) is 0 Å².